The number of nitrogens with zero attached hydrogens (tertiary/aromatic N) is 2. The van der Waals surface area contributed by atoms with Crippen LogP contribution in [0, 0.1) is 5.82 Å². The highest BCUT2D eigenvalue weighted by molar-refractivity contribution is 5.95. The molecule has 0 saturated heterocycles. The lowest BCUT2D eigenvalue weighted by Crippen LogP contribution is -2.31. The lowest BCUT2D eigenvalue weighted by atomic mass is 10.1. The highest BCUT2D eigenvalue weighted by Gasteiger charge is 2.09. The van der Waals surface area contributed by atoms with Crippen LogP contribution in [0.2, 0.25) is 0 Å². The Morgan fingerprint density at radius 3 is 2.63 bits per heavy atom. The van der Waals surface area contributed by atoms with Crippen molar-refractivity contribution in [2.45, 2.75) is 26.3 Å². The smallest absolute Gasteiger partial charge is 0.251 e. The number of hydrogen-bond donors (Lipinski definition) is 2. The number of carbonyl (C=O) groups excluding carboxylic acids is 1. The van der Waals surface area contributed by atoms with Crippen molar-refractivity contribution in [3.63, 3.8) is 0 Å². The van der Waals surface area contributed by atoms with Gasteiger partial charge in [-0.3, -0.25) is 4.79 Å². The maximum Gasteiger partial charge on any atom is 0.251 e. The monoisotopic (exact) mass is 364 g/mol. The summed E-state index contributed by atoms with van der Waals surface area (Å²) < 4.78 is 13.1. The summed E-state index contributed by atoms with van der Waals surface area (Å²) in [6, 6.07) is 15.2. The van der Waals surface area contributed by atoms with Gasteiger partial charge in [0.1, 0.15) is 18.0 Å². The molecule has 0 aliphatic heterocycles. The van der Waals surface area contributed by atoms with E-state index in [0.29, 0.717) is 17.1 Å². The number of amides is 1. The van der Waals surface area contributed by atoms with Crippen LogP contribution in [0.5, 0.6) is 0 Å². The summed E-state index contributed by atoms with van der Waals surface area (Å²) in [5, 5.41) is 6.13. The Hall–Kier alpha value is -3.28. The Labute approximate surface area is 157 Å². The van der Waals surface area contributed by atoms with E-state index < -0.39 is 0 Å². The van der Waals surface area contributed by atoms with Crippen molar-refractivity contribution in [3.8, 4) is 11.3 Å². The SMILES string of the molecule is CCC(C)NC(=O)c1cccc(Nc2cc(-c3ccc(F)cc3)ncn2)c1. The van der Waals surface area contributed by atoms with Gasteiger partial charge in [0, 0.05) is 28.9 Å². The van der Waals surface area contributed by atoms with E-state index in [1.54, 1.807) is 30.3 Å². The van der Waals surface area contributed by atoms with Crippen molar-refractivity contribution < 1.29 is 9.18 Å². The van der Waals surface area contributed by atoms with Crippen molar-refractivity contribution in [2.24, 2.45) is 0 Å². The van der Waals surface area contributed by atoms with Crippen LogP contribution in [-0.2, 0) is 0 Å². The summed E-state index contributed by atoms with van der Waals surface area (Å²) in [7, 11) is 0. The van der Waals surface area contributed by atoms with E-state index in [-0.39, 0.29) is 17.8 Å². The van der Waals surface area contributed by atoms with Gasteiger partial charge in [0.15, 0.2) is 0 Å². The summed E-state index contributed by atoms with van der Waals surface area (Å²) >= 11 is 0. The van der Waals surface area contributed by atoms with Crippen molar-refractivity contribution in [1.29, 1.82) is 0 Å². The lowest BCUT2D eigenvalue weighted by Gasteiger charge is -2.12. The molecule has 0 radical (unpaired) electrons. The molecule has 6 heteroatoms. The molecule has 0 aliphatic carbocycles. The average Bonchev–Trinajstić information content (AvgIpc) is 2.69. The molecule has 1 heterocycles. The number of aromatic nitrogens is 2. The zero-order valence-corrected chi connectivity index (χ0v) is 15.2. The fraction of sp³-hybridized carbons (Fsp3) is 0.190. The minimum atomic E-state index is -0.293. The quantitative estimate of drug-likeness (QED) is 0.673. The summed E-state index contributed by atoms with van der Waals surface area (Å²) in [6.45, 7) is 3.99. The van der Waals surface area contributed by atoms with E-state index >= 15 is 0 Å². The van der Waals surface area contributed by atoms with E-state index in [0.717, 1.165) is 17.7 Å². The zero-order valence-electron chi connectivity index (χ0n) is 15.2. The van der Waals surface area contributed by atoms with Crippen LogP contribution in [0.15, 0.2) is 60.9 Å². The molecule has 1 aromatic heterocycles. The average molecular weight is 364 g/mol. The zero-order chi connectivity index (χ0) is 19.2. The molecule has 3 aromatic rings. The third-order valence-electron chi connectivity index (χ3n) is 4.19. The molecule has 1 amide bonds. The van der Waals surface area contributed by atoms with E-state index in [4.69, 9.17) is 0 Å². The second kappa shape index (κ2) is 8.40. The first-order valence-corrected chi connectivity index (χ1v) is 8.81. The van der Waals surface area contributed by atoms with Gasteiger partial charge in [-0.1, -0.05) is 13.0 Å². The fourth-order valence-corrected chi connectivity index (χ4v) is 2.50. The Morgan fingerprint density at radius 2 is 1.89 bits per heavy atom. The number of rotatable bonds is 6. The molecule has 1 unspecified atom stereocenters. The first kappa shape index (κ1) is 18.5. The topological polar surface area (TPSA) is 66.9 Å². The Balaban J connectivity index is 1.77. The van der Waals surface area contributed by atoms with E-state index in [9.17, 15) is 9.18 Å². The molecule has 0 saturated carbocycles. The van der Waals surface area contributed by atoms with Gasteiger partial charge >= 0.3 is 0 Å². The third-order valence-corrected chi connectivity index (χ3v) is 4.19. The maximum atomic E-state index is 13.1. The molecular weight excluding hydrogens is 343 g/mol. The normalized spacial score (nSPS) is 11.7. The molecule has 2 N–H and O–H groups in total. The highest BCUT2D eigenvalue weighted by Crippen LogP contribution is 2.22. The minimum Gasteiger partial charge on any atom is -0.350 e. The predicted octanol–water partition coefficient (Wildman–Crippen LogP) is 4.55. The van der Waals surface area contributed by atoms with Crippen molar-refractivity contribution >= 4 is 17.4 Å². The molecule has 0 spiro atoms. The van der Waals surface area contributed by atoms with Gasteiger partial charge in [-0.2, -0.15) is 0 Å². The summed E-state index contributed by atoms with van der Waals surface area (Å²) in [4.78, 5) is 20.7. The predicted molar refractivity (Wildman–Crippen MR) is 104 cm³/mol. The number of carbonyl (C=O) groups is 1. The number of benzene rings is 2. The van der Waals surface area contributed by atoms with Crippen LogP contribution in [-0.4, -0.2) is 21.9 Å². The fourth-order valence-electron chi connectivity index (χ4n) is 2.50. The largest absolute Gasteiger partial charge is 0.350 e. The molecule has 2 aromatic carbocycles. The van der Waals surface area contributed by atoms with Crippen molar-refractivity contribution in [2.75, 3.05) is 5.32 Å². The summed E-state index contributed by atoms with van der Waals surface area (Å²) in [5.74, 6) is 0.185. The number of halogens is 1. The number of hydrogen-bond acceptors (Lipinski definition) is 4. The molecule has 0 bridgehead atoms. The molecule has 1 atom stereocenters. The molecule has 138 valence electrons. The van der Waals surface area contributed by atoms with Gasteiger partial charge in [-0.15, -0.1) is 0 Å². The second-order valence-electron chi connectivity index (χ2n) is 6.28. The Bertz CT molecular complexity index is 927. The molecule has 0 aliphatic rings. The minimum absolute atomic E-state index is 0.109. The standard InChI is InChI=1S/C21H21FN4O/c1-3-14(2)25-21(27)16-5-4-6-18(11-16)26-20-12-19(23-13-24-20)15-7-9-17(22)10-8-15/h4-14H,3H2,1-2H3,(H,25,27)(H,23,24,26). The molecule has 5 nitrogen and oxygen atoms in total. The van der Waals surface area contributed by atoms with Gasteiger partial charge < -0.3 is 10.6 Å². The van der Waals surface area contributed by atoms with Crippen molar-refractivity contribution in [1.82, 2.24) is 15.3 Å². The molecule has 3 rings (SSSR count). The van der Waals surface area contributed by atoms with E-state index in [2.05, 4.69) is 20.6 Å². The van der Waals surface area contributed by atoms with Crippen LogP contribution < -0.4 is 10.6 Å². The van der Waals surface area contributed by atoms with Gasteiger partial charge in [-0.25, -0.2) is 14.4 Å². The van der Waals surface area contributed by atoms with Crippen LogP contribution in [0.4, 0.5) is 15.9 Å². The van der Waals surface area contributed by atoms with Crippen LogP contribution in [0.1, 0.15) is 30.6 Å². The van der Waals surface area contributed by atoms with E-state index in [1.165, 1.54) is 18.5 Å². The van der Waals surface area contributed by atoms with Crippen molar-refractivity contribution in [3.05, 3.63) is 72.3 Å². The Kier molecular flexibility index (Phi) is 5.76. The summed E-state index contributed by atoms with van der Waals surface area (Å²) in [6.07, 6.45) is 2.32. The van der Waals surface area contributed by atoms with Crippen LogP contribution >= 0.6 is 0 Å². The van der Waals surface area contributed by atoms with Crippen LogP contribution in [0.25, 0.3) is 11.3 Å². The number of anilines is 2. The Morgan fingerprint density at radius 1 is 1.11 bits per heavy atom. The third kappa shape index (κ3) is 4.88. The number of nitrogens with one attached hydrogen (secondary N) is 2. The van der Waals surface area contributed by atoms with Gasteiger partial charge in [0.25, 0.3) is 5.91 Å². The van der Waals surface area contributed by atoms with Crippen LogP contribution in [0.3, 0.4) is 0 Å². The molecule has 0 fully saturated rings. The van der Waals surface area contributed by atoms with Gasteiger partial charge in [0.2, 0.25) is 0 Å². The first-order valence-electron chi connectivity index (χ1n) is 8.81. The summed E-state index contributed by atoms with van der Waals surface area (Å²) in [5.41, 5.74) is 2.80. The first-order chi connectivity index (χ1) is 13.0. The van der Waals surface area contributed by atoms with Gasteiger partial charge in [-0.05, 0) is 55.8 Å². The highest BCUT2D eigenvalue weighted by atomic mass is 19.1. The van der Waals surface area contributed by atoms with Gasteiger partial charge in [0.05, 0.1) is 5.69 Å². The maximum absolute atomic E-state index is 13.1. The lowest BCUT2D eigenvalue weighted by molar-refractivity contribution is 0.0939. The molecular formula is C21H21FN4O. The van der Waals surface area contributed by atoms with E-state index in [1.807, 2.05) is 26.0 Å². The second-order valence-corrected chi connectivity index (χ2v) is 6.28. The molecule has 27 heavy (non-hydrogen) atoms.